The smallest absolute Gasteiger partial charge is 0.387 e. The molecular weight excluding hydrogens is 294 g/mol. The Bertz CT molecular complexity index is 432. The number of alkyl halides is 4. The second-order valence-electron chi connectivity index (χ2n) is 4.22. The van der Waals surface area contributed by atoms with E-state index in [-0.39, 0.29) is 24.6 Å². The van der Waals surface area contributed by atoms with E-state index < -0.39 is 19.3 Å². The molecule has 0 saturated heterocycles. The summed E-state index contributed by atoms with van der Waals surface area (Å²) in [5.74, 6) is -0.514. The first kappa shape index (κ1) is 17.5. The number of aliphatic hydroxyl groups is 1. The van der Waals surface area contributed by atoms with Gasteiger partial charge in [-0.15, -0.1) is 0 Å². The number of rotatable bonds is 9. The summed E-state index contributed by atoms with van der Waals surface area (Å²) in [6, 6.07) is 3.56. The Hall–Kier alpha value is -1.54. The summed E-state index contributed by atoms with van der Waals surface area (Å²) >= 11 is 0. The maximum absolute atomic E-state index is 12.3. The second kappa shape index (κ2) is 8.68. The Morgan fingerprint density at radius 1 is 1.14 bits per heavy atom. The minimum Gasteiger partial charge on any atom is -0.435 e. The highest BCUT2D eigenvalue weighted by atomic mass is 19.3. The fourth-order valence-corrected chi connectivity index (χ4v) is 1.58. The van der Waals surface area contributed by atoms with Crippen LogP contribution in [-0.4, -0.2) is 31.0 Å². The molecule has 1 unspecified atom stereocenters. The molecule has 2 N–H and O–H groups in total. The average molecular weight is 311 g/mol. The lowest BCUT2D eigenvalue weighted by molar-refractivity contribution is -0.0547. The summed E-state index contributed by atoms with van der Waals surface area (Å²) in [5.41, 5.74) is 0.347. The molecule has 120 valence electrons. The molecule has 21 heavy (non-hydrogen) atoms. The van der Waals surface area contributed by atoms with Crippen molar-refractivity contribution in [3.63, 3.8) is 0 Å². The van der Waals surface area contributed by atoms with E-state index >= 15 is 0 Å². The molecule has 0 fully saturated rings. The lowest BCUT2D eigenvalue weighted by Gasteiger charge is -2.14. The molecule has 1 atom stereocenters. The molecule has 0 saturated carbocycles. The summed E-state index contributed by atoms with van der Waals surface area (Å²) in [6.45, 7) is -3.90. The van der Waals surface area contributed by atoms with Gasteiger partial charge in [0.1, 0.15) is 11.5 Å². The van der Waals surface area contributed by atoms with Crippen LogP contribution in [0.5, 0.6) is 11.5 Å². The number of hydrogen-bond acceptors (Lipinski definition) is 4. The van der Waals surface area contributed by atoms with Crippen molar-refractivity contribution in [2.24, 2.45) is 0 Å². The molecule has 0 amide bonds. The van der Waals surface area contributed by atoms with Gasteiger partial charge in [0.2, 0.25) is 0 Å². The van der Waals surface area contributed by atoms with Gasteiger partial charge in [0.25, 0.3) is 0 Å². The van der Waals surface area contributed by atoms with Gasteiger partial charge in [-0.1, -0.05) is 13.0 Å². The van der Waals surface area contributed by atoms with Crippen molar-refractivity contribution in [2.75, 3.05) is 6.54 Å². The van der Waals surface area contributed by atoms with Gasteiger partial charge in [0, 0.05) is 24.7 Å². The zero-order chi connectivity index (χ0) is 15.8. The highest BCUT2D eigenvalue weighted by molar-refractivity contribution is 5.40. The Balaban J connectivity index is 2.76. The Morgan fingerprint density at radius 2 is 1.81 bits per heavy atom. The third kappa shape index (κ3) is 6.63. The molecule has 0 spiro atoms. The van der Waals surface area contributed by atoms with Crippen LogP contribution in [0.3, 0.4) is 0 Å². The monoisotopic (exact) mass is 311 g/mol. The predicted molar refractivity (Wildman–Crippen MR) is 67.7 cm³/mol. The Labute approximate surface area is 119 Å². The summed E-state index contributed by atoms with van der Waals surface area (Å²) in [7, 11) is 0. The second-order valence-corrected chi connectivity index (χ2v) is 4.22. The zero-order valence-corrected chi connectivity index (χ0v) is 11.4. The minimum absolute atomic E-state index is 0.147. The van der Waals surface area contributed by atoms with Crippen molar-refractivity contribution < 1.29 is 32.1 Å². The van der Waals surface area contributed by atoms with Crippen LogP contribution in [0.25, 0.3) is 0 Å². The van der Waals surface area contributed by atoms with Crippen molar-refractivity contribution in [3.8, 4) is 11.5 Å². The number of ether oxygens (including phenoxy) is 2. The van der Waals surface area contributed by atoms with Crippen molar-refractivity contribution in [1.29, 1.82) is 0 Å². The normalized spacial score (nSPS) is 12.8. The zero-order valence-electron chi connectivity index (χ0n) is 11.4. The van der Waals surface area contributed by atoms with Gasteiger partial charge >= 0.3 is 13.2 Å². The molecule has 0 aromatic heterocycles. The van der Waals surface area contributed by atoms with Crippen LogP contribution in [0.15, 0.2) is 18.2 Å². The number of halogens is 4. The van der Waals surface area contributed by atoms with Crippen LogP contribution < -0.4 is 14.8 Å². The maximum Gasteiger partial charge on any atom is 0.387 e. The largest absolute Gasteiger partial charge is 0.435 e. The van der Waals surface area contributed by atoms with E-state index in [1.807, 2.05) is 0 Å². The van der Waals surface area contributed by atoms with Crippen molar-refractivity contribution in [3.05, 3.63) is 23.8 Å². The van der Waals surface area contributed by atoms with Gasteiger partial charge in [-0.05, 0) is 12.5 Å². The quantitative estimate of drug-likeness (QED) is 0.689. The first-order chi connectivity index (χ1) is 9.92. The van der Waals surface area contributed by atoms with Crippen molar-refractivity contribution >= 4 is 0 Å². The molecule has 0 aliphatic rings. The van der Waals surface area contributed by atoms with Gasteiger partial charge < -0.3 is 19.9 Å². The molecule has 1 rings (SSSR count). The molecule has 1 aromatic carbocycles. The third-order valence-electron chi connectivity index (χ3n) is 2.65. The molecule has 0 radical (unpaired) electrons. The minimum atomic E-state index is -3.08. The first-order valence-electron chi connectivity index (χ1n) is 6.33. The summed E-state index contributed by atoms with van der Waals surface area (Å²) in [4.78, 5) is 0. The molecule has 1 aromatic rings. The molecule has 0 heterocycles. The molecule has 4 nitrogen and oxygen atoms in total. The summed E-state index contributed by atoms with van der Waals surface area (Å²) < 4.78 is 57.3. The standard InChI is InChI=1S/C13H17F4NO3/c1-2-9(19)7-18-6-8-3-4-10(20-12(14)15)5-11(8)21-13(16)17/h3-5,9,12-13,18-19H,2,6-7H2,1H3. The van der Waals surface area contributed by atoms with E-state index in [0.717, 1.165) is 6.07 Å². The molecule has 0 aliphatic carbocycles. The average Bonchev–Trinajstić information content (AvgIpc) is 2.39. The lowest BCUT2D eigenvalue weighted by atomic mass is 10.2. The van der Waals surface area contributed by atoms with Crippen LogP contribution in [-0.2, 0) is 6.54 Å². The SMILES string of the molecule is CCC(O)CNCc1ccc(OC(F)F)cc1OC(F)F. The molecular formula is C13H17F4NO3. The van der Waals surface area contributed by atoms with Gasteiger partial charge in [0.05, 0.1) is 6.10 Å². The van der Waals surface area contributed by atoms with Crippen LogP contribution in [0.4, 0.5) is 17.6 Å². The third-order valence-corrected chi connectivity index (χ3v) is 2.65. The van der Waals surface area contributed by atoms with E-state index in [1.54, 1.807) is 6.92 Å². The lowest BCUT2D eigenvalue weighted by Crippen LogP contribution is -2.26. The Morgan fingerprint density at radius 3 is 2.38 bits per heavy atom. The first-order valence-corrected chi connectivity index (χ1v) is 6.33. The fourth-order valence-electron chi connectivity index (χ4n) is 1.58. The number of nitrogens with one attached hydrogen (secondary N) is 1. The number of hydrogen-bond donors (Lipinski definition) is 2. The van der Waals surface area contributed by atoms with E-state index in [9.17, 15) is 22.7 Å². The summed E-state index contributed by atoms with van der Waals surface area (Å²) in [5, 5.41) is 12.2. The number of aliphatic hydroxyl groups excluding tert-OH is 1. The highest BCUT2D eigenvalue weighted by Gasteiger charge is 2.13. The molecule has 0 aliphatic heterocycles. The highest BCUT2D eigenvalue weighted by Crippen LogP contribution is 2.27. The topological polar surface area (TPSA) is 50.7 Å². The van der Waals surface area contributed by atoms with Crippen molar-refractivity contribution in [2.45, 2.75) is 39.2 Å². The van der Waals surface area contributed by atoms with E-state index in [0.29, 0.717) is 12.0 Å². The van der Waals surface area contributed by atoms with Crippen LogP contribution in [0.1, 0.15) is 18.9 Å². The number of benzene rings is 1. The molecule has 8 heteroatoms. The fraction of sp³-hybridized carbons (Fsp3) is 0.538. The van der Waals surface area contributed by atoms with Crippen LogP contribution in [0, 0.1) is 0 Å². The van der Waals surface area contributed by atoms with Crippen molar-refractivity contribution in [1.82, 2.24) is 5.32 Å². The Kier molecular flexibility index (Phi) is 7.24. The van der Waals surface area contributed by atoms with Crippen LogP contribution in [0.2, 0.25) is 0 Å². The van der Waals surface area contributed by atoms with Crippen LogP contribution >= 0.6 is 0 Å². The van der Waals surface area contributed by atoms with E-state index in [2.05, 4.69) is 14.8 Å². The molecule has 0 bridgehead atoms. The van der Waals surface area contributed by atoms with E-state index in [1.165, 1.54) is 12.1 Å². The van der Waals surface area contributed by atoms with Gasteiger partial charge in [0.15, 0.2) is 0 Å². The van der Waals surface area contributed by atoms with E-state index in [4.69, 9.17) is 0 Å². The summed E-state index contributed by atoms with van der Waals surface area (Å²) in [6.07, 6.45) is 0.0000703. The van der Waals surface area contributed by atoms with Gasteiger partial charge in [-0.25, -0.2) is 0 Å². The predicted octanol–water partition coefficient (Wildman–Crippen LogP) is 2.75. The maximum atomic E-state index is 12.3. The van der Waals surface area contributed by atoms with Gasteiger partial charge in [-0.3, -0.25) is 0 Å². The van der Waals surface area contributed by atoms with Gasteiger partial charge in [-0.2, -0.15) is 17.6 Å².